The number of hydrogen-bond acceptors (Lipinski definition) is 2. The van der Waals surface area contributed by atoms with Crippen molar-refractivity contribution in [2.45, 2.75) is 71.4 Å². The number of carbonyl (C=O) groups is 1. The van der Waals surface area contributed by atoms with Crippen LogP contribution in [0.1, 0.15) is 59.3 Å². The van der Waals surface area contributed by atoms with Crippen LogP contribution in [0.3, 0.4) is 0 Å². The molecule has 4 atom stereocenters. The summed E-state index contributed by atoms with van der Waals surface area (Å²) in [5.74, 6) is 2.09. The fourth-order valence-electron chi connectivity index (χ4n) is 3.65. The van der Waals surface area contributed by atoms with Gasteiger partial charge in [0.2, 0.25) is 5.91 Å². The van der Waals surface area contributed by atoms with Crippen molar-refractivity contribution < 1.29 is 4.79 Å². The van der Waals surface area contributed by atoms with Crippen LogP contribution >= 0.6 is 0 Å². The van der Waals surface area contributed by atoms with Crippen LogP contribution in [0.15, 0.2) is 0 Å². The summed E-state index contributed by atoms with van der Waals surface area (Å²) in [5.41, 5.74) is 0. The Morgan fingerprint density at radius 2 is 2.00 bits per heavy atom. The lowest BCUT2D eigenvalue weighted by Crippen LogP contribution is -2.46. The molecule has 1 aliphatic heterocycles. The van der Waals surface area contributed by atoms with Gasteiger partial charge in [0.25, 0.3) is 0 Å². The fourth-order valence-corrected chi connectivity index (χ4v) is 3.65. The predicted molar refractivity (Wildman–Crippen MR) is 78.9 cm³/mol. The van der Waals surface area contributed by atoms with Gasteiger partial charge in [-0.1, -0.05) is 26.7 Å². The maximum absolute atomic E-state index is 12.3. The molecule has 1 saturated carbocycles. The van der Waals surface area contributed by atoms with E-state index in [1.165, 1.54) is 25.7 Å². The monoisotopic (exact) mass is 266 g/mol. The summed E-state index contributed by atoms with van der Waals surface area (Å²) in [6, 6.07) is 0.915. The van der Waals surface area contributed by atoms with Crippen LogP contribution in [0.2, 0.25) is 0 Å². The number of carbonyl (C=O) groups excluding carboxylic acids is 1. The molecule has 1 amide bonds. The Hall–Kier alpha value is -0.570. The molecule has 0 spiro atoms. The van der Waals surface area contributed by atoms with Crippen LogP contribution in [0.5, 0.6) is 0 Å². The molecule has 1 heterocycles. The summed E-state index contributed by atoms with van der Waals surface area (Å²) in [4.78, 5) is 12.3. The van der Waals surface area contributed by atoms with E-state index in [1.807, 2.05) is 0 Å². The van der Waals surface area contributed by atoms with Crippen molar-refractivity contribution in [2.24, 2.45) is 17.8 Å². The largest absolute Gasteiger partial charge is 0.353 e. The molecule has 3 nitrogen and oxygen atoms in total. The van der Waals surface area contributed by atoms with E-state index in [-0.39, 0.29) is 5.92 Å². The molecule has 0 aromatic carbocycles. The van der Waals surface area contributed by atoms with Gasteiger partial charge in [0.05, 0.1) is 0 Å². The molecule has 19 heavy (non-hydrogen) atoms. The third-order valence-electron chi connectivity index (χ3n) is 5.00. The van der Waals surface area contributed by atoms with Crippen LogP contribution in [-0.4, -0.2) is 24.5 Å². The summed E-state index contributed by atoms with van der Waals surface area (Å²) in [6.45, 7) is 7.78. The first-order chi connectivity index (χ1) is 9.06. The lowest BCUT2D eigenvalue weighted by atomic mass is 9.79. The van der Waals surface area contributed by atoms with Crippen molar-refractivity contribution in [3.8, 4) is 0 Å². The summed E-state index contributed by atoms with van der Waals surface area (Å²) in [5, 5.41) is 6.74. The molecular formula is C16H30N2O. The fraction of sp³-hybridized carbons (Fsp3) is 0.938. The highest BCUT2D eigenvalue weighted by Crippen LogP contribution is 2.30. The quantitative estimate of drug-likeness (QED) is 0.824. The van der Waals surface area contributed by atoms with Gasteiger partial charge in [-0.25, -0.2) is 0 Å². The first kappa shape index (κ1) is 14.8. The number of rotatable bonds is 3. The lowest BCUT2D eigenvalue weighted by molar-refractivity contribution is -0.127. The van der Waals surface area contributed by atoms with Crippen molar-refractivity contribution >= 4 is 5.91 Å². The average molecular weight is 266 g/mol. The highest BCUT2D eigenvalue weighted by Gasteiger charge is 2.29. The Morgan fingerprint density at radius 3 is 2.68 bits per heavy atom. The van der Waals surface area contributed by atoms with Gasteiger partial charge >= 0.3 is 0 Å². The van der Waals surface area contributed by atoms with Gasteiger partial charge in [-0.3, -0.25) is 4.79 Å². The second kappa shape index (κ2) is 6.74. The maximum atomic E-state index is 12.3. The molecule has 110 valence electrons. The minimum Gasteiger partial charge on any atom is -0.353 e. The number of piperidine rings is 1. The van der Waals surface area contributed by atoms with Gasteiger partial charge in [0.15, 0.2) is 0 Å². The molecule has 2 aliphatic rings. The molecule has 1 aliphatic carbocycles. The van der Waals surface area contributed by atoms with E-state index in [1.54, 1.807) is 0 Å². The zero-order chi connectivity index (χ0) is 13.8. The Kier molecular flexibility index (Phi) is 5.26. The number of hydrogen-bond donors (Lipinski definition) is 2. The molecule has 2 rings (SSSR count). The molecule has 2 unspecified atom stereocenters. The van der Waals surface area contributed by atoms with Crippen molar-refractivity contribution in [1.82, 2.24) is 10.6 Å². The molecule has 0 bridgehead atoms. The first-order valence-corrected chi connectivity index (χ1v) is 8.10. The van der Waals surface area contributed by atoms with Crippen LogP contribution < -0.4 is 10.6 Å². The maximum Gasteiger partial charge on any atom is 0.223 e. The van der Waals surface area contributed by atoms with Gasteiger partial charge in [0, 0.05) is 18.0 Å². The lowest BCUT2D eigenvalue weighted by Gasteiger charge is -2.34. The third-order valence-corrected chi connectivity index (χ3v) is 5.00. The van der Waals surface area contributed by atoms with Crippen molar-refractivity contribution in [1.29, 1.82) is 0 Å². The van der Waals surface area contributed by atoms with Crippen LogP contribution in [0.4, 0.5) is 0 Å². The smallest absolute Gasteiger partial charge is 0.223 e. The van der Waals surface area contributed by atoms with Gasteiger partial charge in [-0.15, -0.1) is 0 Å². The SMILES string of the molecule is CC(C)C1CCCC(NC(=O)[C@H]2CCN[C@@H](C)C2)C1. The van der Waals surface area contributed by atoms with Crippen LogP contribution in [-0.2, 0) is 4.79 Å². The molecule has 1 saturated heterocycles. The second-order valence-corrected chi connectivity index (χ2v) is 6.95. The average Bonchev–Trinajstić information content (AvgIpc) is 2.39. The Morgan fingerprint density at radius 1 is 1.21 bits per heavy atom. The summed E-state index contributed by atoms with van der Waals surface area (Å²) in [6.07, 6.45) is 6.97. The molecular weight excluding hydrogens is 236 g/mol. The Labute approximate surface area is 117 Å². The van der Waals surface area contributed by atoms with E-state index in [0.29, 0.717) is 18.0 Å². The van der Waals surface area contributed by atoms with Gasteiger partial charge in [-0.2, -0.15) is 0 Å². The molecule has 2 fully saturated rings. The van der Waals surface area contributed by atoms with E-state index in [4.69, 9.17) is 0 Å². The van der Waals surface area contributed by atoms with Crippen LogP contribution in [0, 0.1) is 17.8 Å². The zero-order valence-corrected chi connectivity index (χ0v) is 12.7. The van der Waals surface area contributed by atoms with E-state index in [0.717, 1.165) is 31.2 Å². The third kappa shape index (κ3) is 4.20. The molecule has 3 heteroatoms. The van der Waals surface area contributed by atoms with Gasteiger partial charge < -0.3 is 10.6 Å². The van der Waals surface area contributed by atoms with Crippen molar-refractivity contribution in [3.05, 3.63) is 0 Å². The minimum atomic E-state index is 0.232. The Bertz CT molecular complexity index is 303. The van der Waals surface area contributed by atoms with Crippen molar-refractivity contribution in [3.63, 3.8) is 0 Å². The minimum absolute atomic E-state index is 0.232. The molecule has 0 aromatic rings. The van der Waals surface area contributed by atoms with Crippen molar-refractivity contribution in [2.75, 3.05) is 6.54 Å². The standard InChI is InChI=1S/C16H30N2O/c1-11(2)13-5-4-6-15(10-13)18-16(19)14-7-8-17-12(3)9-14/h11-15,17H,4-10H2,1-3H3,(H,18,19)/t12-,13?,14-,15?/m0/s1. The van der Waals surface area contributed by atoms with E-state index >= 15 is 0 Å². The highest BCUT2D eigenvalue weighted by atomic mass is 16.1. The number of nitrogens with one attached hydrogen (secondary N) is 2. The normalized spacial score (nSPS) is 36.2. The first-order valence-electron chi connectivity index (χ1n) is 8.10. The summed E-state index contributed by atoms with van der Waals surface area (Å²) in [7, 11) is 0. The highest BCUT2D eigenvalue weighted by molar-refractivity contribution is 5.79. The van der Waals surface area contributed by atoms with E-state index < -0.39 is 0 Å². The van der Waals surface area contributed by atoms with Gasteiger partial charge in [-0.05, 0) is 51.0 Å². The van der Waals surface area contributed by atoms with Crippen LogP contribution in [0.25, 0.3) is 0 Å². The zero-order valence-electron chi connectivity index (χ0n) is 12.7. The summed E-state index contributed by atoms with van der Waals surface area (Å²) < 4.78 is 0. The van der Waals surface area contributed by atoms with Gasteiger partial charge in [0.1, 0.15) is 0 Å². The second-order valence-electron chi connectivity index (χ2n) is 6.95. The van der Waals surface area contributed by atoms with E-state index in [9.17, 15) is 4.79 Å². The Balaban J connectivity index is 1.81. The number of amides is 1. The van der Waals surface area contributed by atoms with E-state index in [2.05, 4.69) is 31.4 Å². The predicted octanol–water partition coefficient (Wildman–Crippen LogP) is 2.71. The molecule has 0 aromatic heterocycles. The summed E-state index contributed by atoms with van der Waals surface area (Å²) >= 11 is 0. The molecule has 2 N–H and O–H groups in total. The topological polar surface area (TPSA) is 41.1 Å². The molecule has 0 radical (unpaired) electrons.